The molecule has 0 aromatic heterocycles. The Kier molecular flexibility index (Phi) is 2.40. The molecule has 1 nitrogen and oxygen atoms in total. The van der Waals surface area contributed by atoms with E-state index in [0.29, 0.717) is 0 Å². The molecule has 0 aliphatic heterocycles. The van der Waals surface area contributed by atoms with Gasteiger partial charge in [0.25, 0.3) is 0 Å². The molecule has 3 aromatic carbocycles. The monoisotopic (exact) mass is 257 g/mol. The molecule has 1 heteroatoms. The Morgan fingerprint density at radius 1 is 0.700 bits per heavy atom. The Labute approximate surface area is 118 Å². The first-order valence-electron chi connectivity index (χ1n) is 6.89. The van der Waals surface area contributed by atoms with E-state index in [9.17, 15) is 0 Å². The van der Waals surface area contributed by atoms with E-state index < -0.39 is 0 Å². The predicted octanol–water partition coefficient (Wildman–Crippen LogP) is 4.51. The van der Waals surface area contributed by atoms with Gasteiger partial charge in [-0.05, 0) is 40.3 Å². The van der Waals surface area contributed by atoms with Crippen molar-refractivity contribution >= 4 is 5.69 Å². The van der Waals surface area contributed by atoms with Crippen LogP contribution in [-0.4, -0.2) is 0 Å². The van der Waals surface area contributed by atoms with E-state index >= 15 is 0 Å². The van der Waals surface area contributed by atoms with Crippen LogP contribution in [0.3, 0.4) is 0 Å². The Balaban J connectivity index is 2.00. The van der Waals surface area contributed by atoms with E-state index in [4.69, 9.17) is 5.73 Å². The molecule has 4 rings (SSSR count). The maximum Gasteiger partial charge on any atom is 0.0397 e. The normalized spacial score (nSPS) is 12.0. The molecule has 20 heavy (non-hydrogen) atoms. The van der Waals surface area contributed by atoms with Crippen molar-refractivity contribution in [3.8, 4) is 22.3 Å². The van der Waals surface area contributed by atoms with Crippen LogP contribution in [0.25, 0.3) is 22.3 Å². The van der Waals surface area contributed by atoms with E-state index in [1.165, 1.54) is 33.4 Å². The summed E-state index contributed by atoms with van der Waals surface area (Å²) in [5.74, 6) is 0. The highest BCUT2D eigenvalue weighted by Crippen LogP contribution is 2.44. The van der Waals surface area contributed by atoms with Gasteiger partial charge < -0.3 is 5.73 Å². The zero-order valence-electron chi connectivity index (χ0n) is 11.1. The minimum Gasteiger partial charge on any atom is -0.398 e. The van der Waals surface area contributed by atoms with Crippen LogP contribution in [0, 0.1) is 0 Å². The molecule has 1 aliphatic rings. The van der Waals surface area contributed by atoms with Gasteiger partial charge in [-0.3, -0.25) is 0 Å². The number of benzene rings is 3. The van der Waals surface area contributed by atoms with Gasteiger partial charge in [-0.15, -0.1) is 0 Å². The Bertz CT molecular complexity index is 788. The second-order valence-corrected chi connectivity index (χ2v) is 5.26. The second-order valence-electron chi connectivity index (χ2n) is 5.26. The topological polar surface area (TPSA) is 26.0 Å². The van der Waals surface area contributed by atoms with Gasteiger partial charge in [0.15, 0.2) is 0 Å². The summed E-state index contributed by atoms with van der Waals surface area (Å²) in [6, 6.07) is 23.3. The lowest BCUT2D eigenvalue weighted by atomic mass is 9.94. The summed E-state index contributed by atoms with van der Waals surface area (Å²) in [7, 11) is 0. The van der Waals surface area contributed by atoms with Gasteiger partial charge in [-0.1, -0.05) is 60.7 Å². The fourth-order valence-corrected chi connectivity index (χ4v) is 3.16. The van der Waals surface area contributed by atoms with Crippen molar-refractivity contribution in [1.29, 1.82) is 0 Å². The zero-order chi connectivity index (χ0) is 13.5. The first-order valence-corrected chi connectivity index (χ1v) is 6.89. The quantitative estimate of drug-likeness (QED) is 0.499. The van der Waals surface area contributed by atoms with Crippen molar-refractivity contribution in [1.82, 2.24) is 0 Å². The van der Waals surface area contributed by atoms with E-state index in [-0.39, 0.29) is 0 Å². The first kappa shape index (κ1) is 11.3. The van der Waals surface area contributed by atoms with Crippen LogP contribution >= 0.6 is 0 Å². The van der Waals surface area contributed by atoms with E-state index in [1.54, 1.807) is 0 Å². The summed E-state index contributed by atoms with van der Waals surface area (Å²) >= 11 is 0. The van der Waals surface area contributed by atoms with Crippen LogP contribution in [0.2, 0.25) is 0 Å². The molecule has 3 aromatic rings. The molecule has 0 bridgehead atoms. The van der Waals surface area contributed by atoms with Gasteiger partial charge in [0.1, 0.15) is 0 Å². The number of hydrogen-bond acceptors (Lipinski definition) is 1. The third-order valence-electron chi connectivity index (χ3n) is 4.08. The molecular formula is C19H15N. The maximum absolute atomic E-state index is 6.23. The molecule has 0 spiro atoms. The molecule has 0 radical (unpaired) electrons. The Hall–Kier alpha value is -2.54. The average Bonchev–Trinajstić information content (AvgIpc) is 2.88. The highest BCUT2D eigenvalue weighted by molar-refractivity contribution is 5.91. The van der Waals surface area contributed by atoms with Crippen molar-refractivity contribution in [3.05, 3.63) is 77.9 Å². The summed E-state index contributed by atoms with van der Waals surface area (Å²) in [6.45, 7) is 0. The fourth-order valence-electron chi connectivity index (χ4n) is 3.16. The van der Waals surface area contributed by atoms with Crippen LogP contribution in [-0.2, 0) is 6.42 Å². The molecule has 0 saturated carbocycles. The van der Waals surface area contributed by atoms with E-state index in [0.717, 1.165) is 12.1 Å². The highest BCUT2D eigenvalue weighted by Gasteiger charge is 2.23. The van der Waals surface area contributed by atoms with Crippen LogP contribution in [0.5, 0.6) is 0 Å². The third kappa shape index (κ3) is 1.56. The molecule has 0 saturated heterocycles. The number of fused-ring (bicyclic) bond motifs is 3. The van der Waals surface area contributed by atoms with Gasteiger partial charge in [-0.2, -0.15) is 0 Å². The summed E-state index contributed by atoms with van der Waals surface area (Å²) in [5, 5.41) is 0. The standard InChI is InChI=1S/C19H15N/c20-18-11-10-15(13-6-2-1-3-7-13)17-12-14-8-4-5-9-16(14)19(17)18/h1-11H,12,20H2. The second kappa shape index (κ2) is 4.24. The average molecular weight is 257 g/mol. The fraction of sp³-hybridized carbons (Fsp3) is 0.0526. The maximum atomic E-state index is 6.23. The van der Waals surface area contributed by atoms with Gasteiger partial charge >= 0.3 is 0 Å². The van der Waals surface area contributed by atoms with Crippen molar-refractivity contribution in [2.45, 2.75) is 6.42 Å². The lowest BCUT2D eigenvalue weighted by Crippen LogP contribution is -1.93. The first-order chi connectivity index (χ1) is 9.84. The zero-order valence-corrected chi connectivity index (χ0v) is 11.1. The molecule has 0 fully saturated rings. The third-order valence-corrected chi connectivity index (χ3v) is 4.08. The predicted molar refractivity (Wildman–Crippen MR) is 84.5 cm³/mol. The summed E-state index contributed by atoms with van der Waals surface area (Å²) in [6.07, 6.45) is 0.973. The molecule has 0 heterocycles. The molecule has 0 amide bonds. The van der Waals surface area contributed by atoms with E-state index in [1.807, 2.05) is 6.07 Å². The smallest absolute Gasteiger partial charge is 0.0397 e. The largest absolute Gasteiger partial charge is 0.398 e. The van der Waals surface area contributed by atoms with Gasteiger partial charge in [0.05, 0.1) is 0 Å². The summed E-state index contributed by atoms with van der Waals surface area (Å²) in [4.78, 5) is 0. The van der Waals surface area contributed by atoms with Crippen LogP contribution in [0.1, 0.15) is 11.1 Å². The number of nitrogens with two attached hydrogens (primary N) is 1. The molecule has 96 valence electrons. The number of rotatable bonds is 1. The number of hydrogen-bond donors (Lipinski definition) is 1. The van der Waals surface area contributed by atoms with E-state index in [2.05, 4.69) is 60.7 Å². The highest BCUT2D eigenvalue weighted by atomic mass is 14.6. The Morgan fingerprint density at radius 3 is 2.30 bits per heavy atom. The summed E-state index contributed by atoms with van der Waals surface area (Å²) in [5.41, 5.74) is 14.9. The minimum atomic E-state index is 0.879. The molecule has 0 unspecified atom stereocenters. The lowest BCUT2D eigenvalue weighted by molar-refractivity contribution is 1.26. The lowest BCUT2D eigenvalue weighted by Gasteiger charge is -2.11. The van der Waals surface area contributed by atoms with Crippen molar-refractivity contribution in [2.24, 2.45) is 0 Å². The van der Waals surface area contributed by atoms with Crippen molar-refractivity contribution in [2.75, 3.05) is 5.73 Å². The molecule has 0 atom stereocenters. The van der Waals surface area contributed by atoms with Crippen molar-refractivity contribution in [3.63, 3.8) is 0 Å². The van der Waals surface area contributed by atoms with Crippen LogP contribution in [0.4, 0.5) is 5.69 Å². The number of anilines is 1. The SMILES string of the molecule is Nc1ccc(-c2ccccc2)c2c1-c1ccccc1C2. The van der Waals surface area contributed by atoms with Crippen molar-refractivity contribution < 1.29 is 0 Å². The molecular weight excluding hydrogens is 242 g/mol. The molecule has 1 aliphatic carbocycles. The van der Waals surface area contributed by atoms with Gasteiger partial charge in [0.2, 0.25) is 0 Å². The molecule has 2 N–H and O–H groups in total. The van der Waals surface area contributed by atoms with Gasteiger partial charge in [-0.25, -0.2) is 0 Å². The van der Waals surface area contributed by atoms with Crippen LogP contribution in [0.15, 0.2) is 66.7 Å². The van der Waals surface area contributed by atoms with Gasteiger partial charge in [0, 0.05) is 11.3 Å². The summed E-state index contributed by atoms with van der Waals surface area (Å²) < 4.78 is 0. The van der Waals surface area contributed by atoms with Crippen LogP contribution < -0.4 is 5.73 Å². The Morgan fingerprint density at radius 2 is 1.45 bits per heavy atom. The minimum absolute atomic E-state index is 0.879. The number of nitrogen functional groups attached to an aromatic ring is 1.